The van der Waals surface area contributed by atoms with E-state index in [1.54, 1.807) is 6.08 Å². The SMILES string of the molecule is CCC/C=C\C/C=C\CCCCCCCC(=O)OCCCCCCCCCCCCCCCCCCCCCCCCCCCCCC(=O)NC(CO)C(O)/C=C/CCCCCCCCCCCCCCCCCCCCC. The smallest absolute Gasteiger partial charge is 0.305 e. The highest BCUT2D eigenvalue weighted by molar-refractivity contribution is 5.76. The molecule has 3 N–H and O–H groups in total. The van der Waals surface area contributed by atoms with Crippen molar-refractivity contribution >= 4 is 11.9 Å². The van der Waals surface area contributed by atoms with E-state index in [0.717, 1.165) is 51.4 Å². The summed E-state index contributed by atoms with van der Waals surface area (Å²) in [6, 6.07) is -0.627. The lowest BCUT2D eigenvalue weighted by Gasteiger charge is -2.20. The van der Waals surface area contributed by atoms with Crippen molar-refractivity contribution in [2.75, 3.05) is 13.2 Å². The molecule has 0 fully saturated rings. The summed E-state index contributed by atoms with van der Waals surface area (Å²) in [5.74, 6) is -0.0590. The minimum Gasteiger partial charge on any atom is -0.466 e. The minimum absolute atomic E-state index is 0.00266. The number of amides is 1. The second kappa shape index (κ2) is 67.6. The summed E-state index contributed by atoms with van der Waals surface area (Å²) in [6.07, 6.45) is 86.5. The van der Waals surface area contributed by atoms with Gasteiger partial charge in [0.15, 0.2) is 0 Å². The number of aliphatic hydroxyl groups is 2. The first-order valence-electron chi connectivity index (χ1n) is 35.3. The molecule has 0 bridgehead atoms. The zero-order valence-electron chi connectivity index (χ0n) is 52.7. The second-order valence-electron chi connectivity index (χ2n) is 24.2. The number of hydrogen-bond donors (Lipinski definition) is 3. The summed E-state index contributed by atoms with van der Waals surface area (Å²) in [6.45, 7) is 4.87. The van der Waals surface area contributed by atoms with Crippen LogP contribution in [0.5, 0.6) is 0 Å². The van der Waals surface area contributed by atoms with Crippen molar-refractivity contribution in [2.45, 2.75) is 398 Å². The quantitative estimate of drug-likeness (QED) is 0.0320. The number of carbonyl (C=O) groups is 2. The number of nitrogens with one attached hydrogen (secondary N) is 1. The molecule has 6 nitrogen and oxygen atoms in total. The highest BCUT2D eigenvalue weighted by Gasteiger charge is 2.18. The first-order chi connectivity index (χ1) is 38.5. The maximum atomic E-state index is 12.5. The summed E-state index contributed by atoms with van der Waals surface area (Å²) >= 11 is 0. The van der Waals surface area contributed by atoms with Crippen LogP contribution < -0.4 is 5.32 Å². The number of allylic oxidation sites excluding steroid dienone is 5. The van der Waals surface area contributed by atoms with E-state index in [4.69, 9.17) is 4.74 Å². The number of hydrogen-bond acceptors (Lipinski definition) is 5. The zero-order chi connectivity index (χ0) is 56.4. The van der Waals surface area contributed by atoms with E-state index in [9.17, 15) is 19.8 Å². The number of unbranched alkanes of at least 4 members (excludes halogenated alkanes) is 51. The van der Waals surface area contributed by atoms with Crippen LogP contribution in [0.25, 0.3) is 0 Å². The van der Waals surface area contributed by atoms with Crippen molar-refractivity contribution in [3.63, 3.8) is 0 Å². The zero-order valence-corrected chi connectivity index (χ0v) is 52.7. The van der Waals surface area contributed by atoms with Gasteiger partial charge in [-0.1, -0.05) is 352 Å². The minimum atomic E-state index is -0.844. The van der Waals surface area contributed by atoms with Gasteiger partial charge >= 0.3 is 5.97 Å². The molecule has 0 rings (SSSR count). The van der Waals surface area contributed by atoms with Gasteiger partial charge in [0, 0.05) is 12.8 Å². The van der Waals surface area contributed by atoms with Gasteiger partial charge in [0.05, 0.1) is 25.4 Å². The molecule has 0 saturated carbocycles. The van der Waals surface area contributed by atoms with Gasteiger partial charge in [0.2, 0.25) is 5.91 Å². The molecule has 1 amide bonds. The molecule has 0 aliphatic rings. The summed E-state index contributed by atoms with van der Waals surface area (Å²) in [7, 11) is 0. The Morgan fingerprint density at radius 1 is 0.359 bits per heavy atom. The molecule has 2 unspecified atom stereocenters. The van der Waals surface area contributed by atoms with Crippen LogP contribution in [0, 0.1) is 0 Å². The summed E-state index contributed by atoms with van der Waals surface area (Å²) < 4.78 is 5.48. The number of carbonyl (C=O) groups excluding carboxylic acids is 2. The van der Waals surface area contributed by atoms with E-state index in [1.807, 2.05) is 6.08 Å². The Labute approximate surface area is 487 Å². The summed E-state index contributed by atoms with van der Waals surface area (Å²) in [5.41, 5.74) is 0. The summed E-state index contributed by atoms with van der Waals surface area (Å²) in [5, 5.41) is 23.3. The first kappa shape index (κ1) is 76.1. The molecular weight excluding hydrogens is 959 g/mol. The number of aliphatic hydroxyl groups excluding tert-OH is 2. The van der Waals surface area contributed by atoms with Crippen LogP contribution >= 0.6 is 0 Å². The van der Waals surface area contributed by atoms with Gasteiger partial charge in [-0.05, 0) is 57.8 Å². The fraction of sp³-hybridized carbons (Fsp3) is 0.889. The van der Waals surface area contributed by atoms with Gasteiger partial charge in [0.1, 0.15) is 0 Å². The van der Waals surface area contributed by atoms with Crippen molar-refractivity contribution in [1.29, 1.82) is 0 Å². The molecule has 0 spiro atoms. The Bertz CT molecular complexity index is 1260. The Kier molecular flexibility index (Phi) is 65.9. The highest BCUT2D eigenvalue weighted by atomic mass is 16.5. The average Bonchev–Trinajstić information content (AvgIpc) is 3.44. The van der Waals surface area contributed by atoms with Gasteiger partial charge in [0.25, 0.3) is 0 Å². The van der Waals surface area contributed by atoms with Crippen LogP contribution in [-0.4, -0.2) is 47.4 Å². The van der Waals surface area contributed by atoms with Crippen molar-refractivity contribution < 1.29 is 24.5 Å². The van der Waals surface area contributed by atoms with Gasteiger partial charge in [-0.15, -0.1) is 0 Å². The van der Waals surface area contributed by atoms with Crippen molar-refractivity contribution in [3.8, 4) is 0 Å². The predicted molar refractivity (Wildman–Crippen MR) is 343 cm³/mol. The number of ether oxygens (including phenoxy) is 1. The molecule has 0 aliphatic carbocycles. The fourth-order valence-electron chi connectivity index (χ4n) is 11.0. The van der Waals surface area contributed by atoms with Crippen LogP contribution in [-0.2, 0) is 14.3 Å². The molecule has 0 saturated heterocycles. The third kappa shape index (κ3) is 63.3. The van der Waals surface area contributed by atoms with Crippen LogP contribution in [0.1, 0.15) is 386 Å². The van der Waals surface area contributed by atoms with Crippen molar-refractivity contribution in [3.05, 3.63) is 36.5 Å². The van der Waals surface area contributed by atoms with Gasteiger partial charge < -0.3 is 20.3 Å². The first-order valence-corrected chi connectivity index (χ1v) is 35.3. The highest BCUT2D eigenvalue weighted by Crippen LogP contribution is 2.19. The molecule has 0 heterocycles. The summed E-state index contributed by atoms with van der Waals surface area (Å²) in [4.78, 5) is 24.6. The topological polar surface area (TPSA) is 95.9 Å². The molecule has 6 heteroatoms. The van der Waals surface area contributed by atoms with Gasteiger partial charge in [-0.2, -0.15) is 0 Å². The second-order valence-corrected chi connectivity index (χ2v) is 24.2. The average molecular weight is 1100 g/mol. The van der Waals surface area contributed by atoms with E-state index < -0.39 is 12.1 Å². The molecular formula is C72H137NO5. The molecule has 0 aromatic rings. The standard InChI is InChI=1S/C72H137NO5/c1-3-5-7-9-11-13-15-17-18-19-20-28-31-34-37-41-44-48-52-56-60-64-70(75)69(68-74)73-71(76)65-61-57-53-49-45-42-38-35-32-29-26-24-22-21-23-25-27-30-33-36-39-43-47-51-55-59-63-67-78-72(77)66-62-58-54-50-46-40-16-14-12-10-8-6-4-2/h8,10,14,16,60,64,69-70,74-75H,3-7,9,11-13,15,17-59,61-63,65-68H2,1-2H3,(H,73,76)/b10-8-,16-14-,64-60+. The Hall–Kier alpha value is -1.92. The van der Waals surface area contributed by atoms with E-state index >= 15 is 0 Å². The molecule has 0 aliphatic heterocycles. The Morgan fingerprint density at radius 3 is 1.03 bits per heavy atom. The van der Waals surface area contributed by atoms with Crippen molar-refractivity contribution in [2.24, 2.45) is 0 Å². The number of esters is 1. The third-order valence-electron chi connectivity index (χ3n) is 16.4. The molecule has 0 radical (unpaired) electrons. The fourth-order valence-corrected chi connectivity index (χ4v) is 11.0. The third-order valence-corrected chi connectivity index (χ3v) is 16.4. The molecule has 0 aromatic carbocycles. The van der Waals surface area contributed by atoms with E-state index in [2.05, 4.69) is 43.5 Å². The lowest BCUT2D eigenvalue weighted by molar-refractivity contribution is -0.143. The Morgan fingerprint density at radius 2 is 0.667 bits per heavy atom. The van der Waals surface area contributed by atoms with E-state index in [1.165, 1.54) is 308 Å². The lowest BCUT2D eigenvalue weighted by Crippen LogP contribution is -2.45. The van der Waals surface area contributed by atoms with E-state index in [-0.39, 0.29) is 18.5 Å². The maximum Gasteiger partial charge on any atom is 0.305 e. The lowest BCUT2D eigenvalue weighted by atomic mass is 10.0. The van der Waals surface area contributed by atoms with Gasteiger partial charge in [-0.3, -0.25) is 9.59 Å². The van der Waals surface area contributed by atoms with Crippen molar-refractivity contribution in [1.82, 2.24) is 5.32 Å². The van der Waals surface area contributed by atoms with Crippen LogP contribution in [0.15, 0.2) is 36.5 Å². The molecule has 0 aromatic heterocycles. The number of rotatable bonds is 66. The molecule has 78 heavy (non-hydrogen) atoms. The van der Waals surface area contributed by atoms with Gasteiger partial charge in [-0.25, -0.2) is 0 Å². The maximum absolute atomic E-state index is 12.5. The Balaban J connectivity index is 3.38. The van der Waals surface area contributed by atoms with Crippen LogP contribution in [0.2, 0.25) is 0 Å². The van der Waals surface area contributed by atoms with Crippen LogP contribution in [0.3, 0.4) is 0 Å². The molecule has 460 valence electrons. The van der Waals surface area contributed by atoms with Crippen LogP contribution in [0.4, 0.5) is 0 Å². The predicted octanol–water partition coefficient (Wildman–Crippen LogP) is 22.7. The van der Waals surface area contributed by atoms with E-state index in [0.29, 0.717) is 19.4 Å². The normalized spacial score (nSPS) is 12.7. The monoisotopic (exact) mass is 1100 g/mol. The molecule has 2 atom stereocenters. The largest absolute Gasteiger partial charge is 0.466 e.